The van der Waals surface area contributed by atoms with Gasteiger partial charge in [0.05, 0.1) is 22.3 Å². The smallest absolute Gasteiger partial charge is 0.292 e. The van der Waals surface area contributed by atoms with Gasteiger partial charge in [-0.25, -0.2) is 4.98 Å². The van der Waals surface area contributed by atoms with E-state index in [-0.39, 0.29) is 11.6 Å². The number of hydrogen-bond donors (Lipinski definition) is 2. The van der Waals surface area contributed by atoms with Gasteiger partial charge in [-0.1, -0.05) is 24.3 Å². The monoisotopic (exact) mass is 353 g/mol. The predicted molar refractivity (Wildman–Crippen MR) is 99.0 cm³/mol. The van der Waals surface area contributed by atoms with E-state index in [1.807, 2.05) is 28.8 Å². The first kappa shape index (κ1) is 17.4. The molecule has 0 fully saturated rings. The first-order valence-corrected chi connectivity index (χ1v) is 8.24. The van der Waals surface area contributed by atoms with Crippen molar-refractivity contribution in [2.24, 2.45) is 0 Å². The summed E-state index contributed by atoms with van der Waals surface area (Å²) in [6, 6.07) is 13.6. The van der Waals surface area contributed by atoms with Gasteiger partial charge in [0.2, 0.25) is 5.91 Å². The molecule has 3 rings (SSSR count). The molecule has 1 heterocycles. The number of rotatable bonds is 7. The highest BCUT2D eigenvalue weighted by atomic mass is 16.6. The van der Waals surface area contributed by atoms with Crippen molar-refractivity contribution in [3.05, 3.63) is 65.0 Å². The van der Waals surface area contributed by atoms with Crippen molar-refractivity contribution < 1.29 is 9.72 Å². The van der Waals surface area contributed by atoms with E-state index < -0.39 is 11.0 Å². The molecule has 1 atom stereocenters. The summed E-state index contributed by atoms with van der Waals surface area (Å²) in [7, 11) is 0. The van der Waals surface area contributed by atoms with Crippen LogP contribution in [0.5, 0.6) is 0 Å². The van der Waals surface area contributed by atoms with Crippen LogP contribution in [0.15, 0.2) is 54.9 Å². The van der Waals surface area contributed by atoms with E-state index >= 15 is 0 Å². The summed E-state index contributed by atoms with van der Waals surface area (Å²) in [5.74, 6) is -0.141. The predicted octanol–water partition coefficient (Wildman–Crippen LogP) is 2.73. The maximum Gasteiger partial charge on any atom is 0.292 e. The Morgan fingerprint density at radius 1 is 1.19 bits per heavy atom. The van der Waals surface area contributed by atoms with Gasteiger partial charge in [0.1, 0.15) is 11.7 Å². The summed E-state index contributed by atoms with van der Waals surface area (Å²) >= 11 is 0. The molecule has 1 aromatic heterocycles. The minimum Gasteiger partial charge on any atom is -0.378 e. The molecule has 0 aliphatic carbocycles. The molecule has 2 aromatic carbocycles. The minimum absolute atomic E-state index is 0.0112. The Balaban J connectivity index is 1.55. The number of carbonyl (C=O) groups is 1. The SMILES string of the molecule is C[C@@H](C(=O)NCCNc1ccccc1[N+](=O)[O-])n1cnc2ccccc21. The molecule has 0 aliphatic rings. The number of carbonyl (C=O) groups excluding carboxylic acids is 1. The van der Waals surface area contributed by atoms with Gasteiger partial charge >= 0.3 is 0 Å². The molecule has 0 saturated carbocycles. The van der Waals surface area contributed by atoms with Crippen LogP contribution in [0, 0.1) is 10.1 Å². The van der Waals surface area contributed by atoms with E-state index in [1.54, 1.807) is 31.5 Å². The number of benzene rings is 2. The lowest BCUT2D eigenvalue weighted by Gasteiger charge is -2.15. The molecule has 0 spiro atoms. The zero-order valence-corrected chi connectivity index (χ0v) is 14.3. The van der Waals surface area contributed by atoms with Crippen molar-refractivity contribution >= 4 is 28.3 Å². The van der Waals surface area contributed by atoms with Gasteiger partial charge in [-0.3, -0.25) is 14.9 Å². The highest BCUT2D eigenvalue weighted by Crippen LogP contribution is 2.22. The van der Waals surface area contributed by atoms with Crippen molar-refractivity contribution in [3.63, 3.8) is 0 Å². The Bertz CT molecular complexity index is 937. The lowest BCUT2D eigenvalue weighted by Crippen LogP contribution is -2.34. The molecule has 0 unspecified atom stereocenters. The topological polar surface area (TPSA) is 102 Å². The molecule has 0 saturated heterocycles. The third-order valence-electron chi connectivity index (χ3n) is 4.12. The van der Waals surface area contributed by atoms with Crippen LogP contribution in [-0.2, 0) is 4.79 Å². The largest absolute Gasteiger partial charge is 0.378 e. The number of nitrogens with zero attached hydrogens (tertiary/aromatic N) is 3. The Kier molecular flexibility index (Phi) is 5.12. The molecule has 0 bridgehead atoms. The average molecular weight is 353 g/mol. The fraction of sp³-hybridized carbons (Fsp3) is 0.222. The van der Waals surface area contributed by atoms with Gasteiger partial charge in [0, 0.05) is 19.2 Å². The van der Waals surface area contributed by atoms with Gasteiger partial charge in [0.15, 0.2) is 0 Å². The Labute approximate surface area is 150 Å². The molecule has 0 aliphatic heterocycles. The summed E-state index contributed by atoms with van der Waals surface area (Å²) in [5.41, 5.74) is 2.18. The van der Waals surface area contributed by atoms with E-state index in [0.717, 1.165) is 11.0 Å². The fourth-order valence-corrected chi connectivity index (χ4v) is 2.73. The summed E-state index contributed by atoms with van der Waals surface area (Å²) in [4.78, 5) is 27.2. The summed E-state index contributed by atoms with van der Waals surface area (Å²) in [6.07, 6.45) is 1.65. The van der Waals surface area contributed by atoms with Crippen LogP contribution < -0.4 is 10.6 Å². The first-order chi connectivity index (χ1) is 12.6. The second-order valence-corrected chi connectivity index (χ2v) is 5.81. The molecular weight excluding hydrogens is 334 g/mol. The Morgan fingerprint density at radius 2 is 1.92 bits per heavy atom. The third-order valence-corrected chi connectivity index (χ3v) is 4.12. The number of nitro groups is 1. The van der Waals surface area contributed by atoms with Gasteiger partial charge in [-0.15, -0.1) is 0 Å². The molecule has 26 heavy (non-hydrogen) atoms. The number of amides is 1. The number of anilines is 1. The lowest BCUT2D eigenvalue weighted by atomic mass is 10.2. The molecule has 0 radical (unpaired) electrons. The third kappa shape index (κ3) is 3.64. The fourth-order valence-electron chi connectivity index (χ4n) is 2.73. The lowest BCUT2D eigenvalue weighted by molar-refractivity contribution is -0.384. The number of aromatic nitrogens is 2. The summed E-state index contributed by atoms with van der Waals surface area (Å²) < 4.78 is 1.82. The second-order valence-electron chi connectivity index (χ2n) is 5.81. The molecule has 8 heteroatoms. The van der Waals surface area contributed by atoms with Gasteiger partial charge in [-0.2, -0.15) is 0 Å². The summed E-state index contributed by atoms with van der Waals surface area (Å²) in [5, 5.41) is 16.8. The molecule has 1 amide bonds. The quantitative estimate of drug-likeness (QED) is 0.386. The van der Waals surface area contributed by atoms with E-state index in [9.17, 15) is 14.9 Å². The van der Waals surface area contributed by atoms with Gasteiger partial charge in [-0.05, 0) is 25.1 Å². The molecule has 3 aromatic rings. The normalized spacial score (nSPS) is 11.9. The first-order valence-electron chi connectivity index (χ1n) is 8.24. The van der Waals surface area contributed by atoms with E-state index in [1.165, 1.54) is 6.07 Å². The second kappa shape index (κ2) is 7.64. The van der Waals surface area contributed by atoms with Crippen LogP contribution in [0.1, 0.15) is 13.0 Å². The molecular formula is C18H19N5O3. The van der Waals surface area contributed by atoms with Crippen LogP contribution in [0.2, 0.25) is 0 Å². The number of nitrogens with one attached hydrogen (secondary N) is 2. The number of fused-ring (bicyclic) bond motifs is 1. The number of para-hydroxylation sites is 4. The van der Waals surface area contributed by atoms with E-state index in [2.05, 4.69) is 15.6 Å². The van der Waals surface area contributed by atoms with Crippen molar-refractivity contribution in [1.82, 2.24) is 14.9 Å². The molecule has 8 nitrogen and oxygen atoms in total. The summed E-state index contributed by atoms with van der Waals surface area (Å²) in [6.45, 7) is 2.54. The molecule has 134 valence electrons. The Morgan fingerprint density at radius 3 is 2.73 bits per heavy atom. The average Bonchev–Trinajstić information content (AvgIpc) is 3.08. The highest BCUT2D eigenvalue weighted by Gasteiger charge is 2.17. The van der Waals surface area contributed by atoms with Crippen LogP contribution in [0.4, 0.5) is 11.4 Å². The van der Waals surface area contributed by atoms with Crippen molar-refractivity contribution in [3.8, 4) is 0 Å². The van der Waals surface area contributed by atoms with Crippen LogP contribution in [-0.4, -0.2) is 33.5 Å². The van der Waals surface area contributed by atoms with Crippen molar-refractivity contribution in [2.45, 2.75) is 13.0 Å². The maximum atomic E-state index is 12.4. The van der Waals surface area contributed by atoms with Crippen molar-refractivity contribution in [1.29, 1.82) is 0 Å². The van der Waals surface area contributed by atoms with E-state index in [0.29, 0.717) is 18.8 Å². The van der Waals surface area contributed by atoms with E-state index in [4.69, 9.17) is 0 Å². The zero-order chi connectivity index (χ0) is 18.5. The standard InChI is InChI=1S/C18H19N5O3/c1-13(22-12-21-14-6-2-4-8-16(14)22)18(24)20-11-10-19-15-7-3-5-9-17(15)23(25)26/h2-9,12-13,19H,10-11H2,1H3,(H,20,24)/t13-/m0/s1. The maximum absolute atomic E-state index is 12.4. The Hall–Kier alpha value is -3.42. The molecule has 2 N–H and O–H groups in total. The number of imidazole rings is 1. The zero-order valence-electron chi connectivity index (χ0n) is 14.3. The van der Waals surface area contributed by atoms with Crippen molar-refractivity contribution in [2.75, 3.05) is 18.4 Å². The minimum atomic E-state index is -0.437. The van der Waals surface area contributed by atoms with Gasteiger partial charge in [0.25, 0.3) is 5.69 Å². The van der Waals surface area contributed by atoms with Crippen LogP contribution in [0.25, 0.3) is 11.0 Å². The highest BCUT2D eigenvalue weighted by molar-refractivity contribution is 5.83. The van der Waals surface area contributed by atoms with Crippen LogP contribution in [0.3, 0.4) is 0 Å². The number of nitro benzene ring substituents is 1. The number of hydrogen-bond acceptors (Lipinski definition) is 5. The van der Waals surface area contributed by atoms with Crippen LogP contribution >= 0.6 is 0 Å². The van der Waals surface area contributed by atoms with Gasteiger partial charge < -0.3 is 15.2 Å².